The molecule has 2 aromatic carbocycles. The Kier molecular flexibility index (Phi) is 8.20. The van der Waals surface area contributed by atoms with Crippen molar-refractivity contribution in [2.24, 2.45) is 5.92 Å². The summed E-state index contributed by atoms with van der Waals surface area (Å²) in [5.41, 5.74) is 0.906. The van der Waals surface area contributed by atoms with E-state index in [0.717, 1.165) is 15.7 Å². The largest absolute Gasteiger partial charge is 0.493 e. The van der Waals surface area contributed by atoms with Gasteiger partial charge in [0.05, 0.1) is 22.7 Å². The van der Waals surface area contributed by atoms with Gasteiger partial charge in [0.15, 0.2) is 0 Å². The number of imide groups is 1. The normalized spacial score (nSPS) is 14.5. The maximum absolute atomic E-state index is 13.0. The standard InChI is InChI=1S/C28H31N5O6/c1-15(2)10-23(25(35)30-14-19-13-29-16(3)31-24(19)34)32-22(28(38)39)8-9-33-26(36)20-11-17-6-4-5-7-18(17)12-21(20)27(33)37/h4-7,11-13,15,22-23,32H,8-10,14H2,1-3H3,(H,30,35)(H,38,39)(H,29,31,34)/t22?,23-/m1/s1. The Morgan fingerprint density at radius 3 is 2.18 bits per heavy atom. The van der Waals surface area contributed by atoms with Gasteiger partial charge in [-0.15, -0.1) is 0 Å². The number of hydrogen-bond donors (Lipinski definition) is 4. The van der Waals surface area contributed by atoms with Crippen LogP contribution < -0.4 is 10.6 Å². The molecular formula is C28H31N5O6. The molecule has 1 aromatic heterocycles. The highest BCUT2D eigenvalue weighted by atomic mass is 16.4. The van der Waals surface area contributed by atoms with E-state index < -0.39 is 35.8 Å². The number of carbonyl (C=O) groups is 4. The molecule has 0 bridgehead atoms. The summed E-state index contributed by atoms with van der Waals surface area (Å²) < 4.78 is 0. The summed E-state index contributed by atoms with van der Waals surface area (Å²) in [5, 5.41) is 27.1. The third-order valence-corrected chi connectivity index (χ3v) is 6.62. The zero-order valence-corrected chi connectivity index (χ0v) is 22.0. The topological polar surface area (TPSA) is 162 Å². The van der Waals surface area contributed by atoms with Crippen molar-refractivity contribution in [1.82, 2.24) is 25.5 Å². The van der Waals surface area contributed by atoms with Crippen LogP contribution in [0.5, 0.6) is 5.88 Å². The lowest BCUT2D eigenvalue weighted by Crippen LogP contribution is -2.52. The number of amides is 3. The molecule has 1 aliphatic rings. The molecule has 1 aliphatic heterocycles. The number of nitrogens with zero attached hydrogens (tertiary/aromatic N) is 3. The first-order valence-corrected chi connectivity index (χ1v) is 12.7. The van der Waals surface area contributed by atoms with Crippen LogP contribution in [0.1, 0.15) is 58.8 Å². The highest BCUT2D eigenvalue weighted by molar-refractivity contribution is 6.23. The van der Waals surface area contributed by atoms with Crippen molar-refractivity contribution in [2.45, 2.75) is 52.2 Å². The van der Waals surface area contributed by atoms with E-state index in [-0.39, 0.29) is 31.3 Å². The molecule has 39 heavy (non-hydrogen) atoms. The van der Waals surface area contributed by atoms with Crippen LogP contribution >= 0.6 is 0 Å². The lowest BCUT2D eigenvalue weighted by Gasteiger charge is -2.25. The van der Waals surface area contributed by atoms with E-state index in [4.69, 9.17) is 0 Å². The van der Waals surface area contributed by atoms with Crippen LogP contribution in [0.4, 0.5) is 0 Å². The number of rotatable bonds is 11. The molecule has 2 heterocycles. The minimum atomic E-state index is -1.21. The van der Waals surface area contributed by atoms with E-state index in [9.17, 15) is 29.4 Å². The SMILES string of the molecule is Cc1ncc(CNC(=O)[C@@H](CC(C)C)NC(CCN2C(=O)c3cc4ccccc4cc3C2=O)C(=O)O)c(O)n1. The van der Waals surface area contributed by atoms with Crippen molar-refractivity contribution in [2.75, 3.05) is 6.54 Å². The summed E-state index contributed by atoms with van der Waals surface area (Å²) in [4.78, 5) is 60.1. The smallest absolute Gasteiger partial charge is 0.320 e. The first-order valence-electron chi connectivity index (χ1n) is 12.7. The number of fused-ring (bicyclic) bond motifs is 2. The van der Waals surface area contributed by atoms with E-state index in [1.165, 1.54) is 6.20 Å². The monoisotopic (exact) mass is 533 g/mol. The van der Waals surface area contributed by atoms with Crippen LogP contribution in [0.15, 0.2) is 42.6 Å². The Balaban J connectivity index is 1.44. The second-order valence-corrected chi connectivity index (χ2v) is 10.0. The van der Waals surface area contributed by atoms with Crippen molar-refractivity contribution in [3.05, 3.63) is 65.1 Å². The number of aromatic hydroxyl groups is 1. The minimum Gasteiger partial charge on any atom is -0.493 e. The Bertz CT molecular complexity index is 1380. The Morgan fingerprint density at radius 2 is 1.64 bits per heavy atom. The van der Waals surface area contributed by atoms with Gasteiger partial charge in [0, 0.05) is 19.3 Å². The van der Waals surface area contributed by atoms with Crippen LogP contribution in [0, 0.1) is 12.8 Å². The zero-order chi connectivity index (χ0) is 28.3. The summed E-state index contributed by atoms with van der Waals surface area (Å²) in [7, 11) is 0. The number of benzene rings is 2. The third-order valence-electron chi connectivity index (χ3n) is 6.62. The van der Waals surface area contributed by atoms with Gasteiger partial charge < -0.3 is 15.5 Å². The molecule has 0 saturated carbocycles. The molecule has 0 radical (unpaired) electrons. The van der Waals surface area contributed by atoms with Gasteiger partial charge >= 0.3 is 5.97 Å². The minimum absolute atomic E-state index is 0.0393. The Morgan fingerprint density at radius 1 is 1.03 bits per heavy atom. The average molecular weight is 534 g/mol. The van der Waals surface area contributed by atoms with Gasteiger partial charge in [-0.1, -0.05) is 38.1 Å². The van der Waals surface area contributed by atoms with Gasteiger partial charge in [0.2, 0.25) is 11.8 Å². The molecular weight excluding hydrogens is 502 g/mol. The van der Waals surface area contributed by atoms with E-state index in [1.807, 2.05) is 38.1 Å². The number of carbonyl (C=O) groups excluding carboxylic acids is 3. The fourth-order valence-electron chi connectivity index (χ4n) is 4.59. The summed E-state index contributed by atoms with van der Waals surface area (Å²) >= 11 is 0. The first kappa shape index (κ1) is 27.6. The number of aliphatic carboxylic acids is 1. The van der Waals surface area contributed by atoms with E-state index in [0.29, 0.717) is 28.9 Å². The predicted molar refractivity (Wildman–Crippen MR) is 142 cm³/mol. The molecule has 0 spiro atoms. The number of hydrogen-bond acceptors (Lipinski definition) is 8. The van der Waals surface area contributed by atoms with E-state index in [2.05, 4.69) is 20.6 Å². The molecule has 0 fully saturated rings. The number of nitrogens with one attached hydrogen (secondary N) is 2. The molecule has 0 saturated heterocycles. The molecule has 204 valence electrons. The highest BCUT2D eigenvalue weighted by Gasteiger charge is 2.37. The number of carboxylic acid groups (broad SMARTS) is 1. The van der Waals surface area contributed by atoms with Crippen molar-refractivity contribution in [3.8, 4) is 5.88 Å². The lowest BCUT2D eigenvalue weighted by atomic mass is 10.0. The summed E-state index contributed by atoms with van der Waals surface area (Å²) in [6, 6.07) is 8.69. The quantitative estimate of drug-likeness (QED) is 0.271. The number of carboxylic acids is 1. The molecule has 3 amide bonds. The zero-order valence-electron chi connectivity index (χ0n) is 22.0. The van der Waals surface area contributed by atoms with Gasteiger partial charge in [-0.3, -0.25) is 29.4 Å². The Hall–Kier alpha value is -4.38. The van der Waals surface area contributed by atoms with Gasteiger partial charge in [0.25, 0.3) is 11.8 Å². The van der Waals surface area contributed by atoms with Crippen molar-refractivity contribution < 1.29 is 29.4 Å². The molecule has 2 atom stereocenters. The molecule has 11 nitrogen and oxygen atoms in total. The number of aromatic nitrogens is 2. The van der Waals surface area contributed by atoms with Crippen molar-refractivity contribution in [3.63, 3.8) is 0 Å². The molecule has 4 N–H and O–H groups in total. The summed E-state index contributed by atoms with van der Waals surface area (Å²) in [6.07, 6.45) is 1.66. The van der Waals surface area contributed by atoms with Crippen LogP contribution in [0.25, 0.3) is 10.8 Å². The highest BCUT2D eigenvalue weighted by Crippen LogP contribution is 2.28. The van der Waals surface area contributed by atoms with Crippen LogP contribution in [-0.2, 0) is 16.1 Å². The maximum atomic E-state index is 13.0. The van der Waals surface area contributed by atoms with Gasteiger partial charge in [-0.2, -0.15) is 4.98 Å². The molecule has 4 rings (SSSR count). The van der Waals surface area contributed by atoms with Crippen molar-refractivity contribution >= 4 is 34.5 Å². The lowest BCUT2D eigenvalue weighted by molar-refractivity contribution is -0.140. The average Bonchev–Trinajstić information content (AvgIpc) is 3.11. The first-order chi connectivity index (χ1) is 18.5. The third kappa shape index (κ3) is 6.20. The van der Waals surface area contributed by atoms with Gasteiger partial charge in [-0.05, 0) is 48.6 Å². The molecule has 3 aromatic rings. The van der Waals surface area contributed by atoms with Crippen LogP contribution in [-0.4, -0.2) is 67.4 Å². The van der Waals surface area contributed by atoms with E-state index in [1.54, 1.807) is 19.1 Å². The molecule has 11 heteroatoms. The fourth-order valence-corrected chi connectivity index (χ4v) is 4.59. The Labute approximate surface area is 225 Å². The fraction of sp³-hybridized carbons (Fsp3) is 0.357. The molecule has 1 unspecified atom stereocenters. The molecule has 0 aliphatic carbocycles. The van der Waals surface area contributed by atoms with Crippen molar-refractivity contribution in [1.29, 1.82) is 0 Å². The van der Waals surface area contributed by atoms with Gasteiger partial charge in [-0.25, -0.2) is 4.98 Å². The van der Waals surface area contributed by atoms with Gasteiger partial charge in [0.1, 0.15) is 11.9 Å². The summed E-state index contributed by atoms with van der Waals surface area (Å²) in [6.45, 7) is 5.26. The van der Waals surface area contributed by atoms with Crippen LogP contribution in [0.2, 0.25) is 0 Å². The van der Waals surface area contributed by atoms with Crippen LogP contribution in [0.3, 0.4) is 0 Å². The second-order valence-electron chi connectivity index (χ2n) is 10.0. The maximum Gasteiger partial charge on any atom is 0.320 e. The number of aryl methyl sites for hydroxylation is 1. The predicted octanol–water partition coefficient (Wildman–Crippen LogP) is 2.40. The summed E-state index contributed by atoms with van der Waals surface area (Å²) in [5.74, 6) is -2.40. The second kappa shape index (κ2) is 11.6. The van der Waals surface area contributed by atoms with E-state index >= 15 is 0 Å².